The van der Waals surface area contributed by atoms with Crippen LogP contribution >= 0.6 is 0 Å². The molecule has 37 heavy (non-hydrogen) atoms. The summed E-state index contributed by atoms with van der Waals surface area (Å²) in [5, 5.41) is 15.9. The summed E-state index contributed by atoms with van der Waals surface area (Å²) in [5.41, 5.74) is 7.17. The molecule has 0 unspecified atom stereocenters. The molecule has 0 spiro atoms. The third-order valence-corrected chi connectivity index (χ3v) is 6.82. The first kappa shape index (κ1) is 24.9. The smallest absolute Gasteiger partial charge is 0.258 e. The van der Waals surface area contributed by atoms with Gasteiger partial charge in [-0.3, -0.25) is 4.40 Å². The van der Waals surface area contributed by atoms with Gasteiger partial charge in [-0.1, -0.05) is 42.0 Å². The highest BCUT2D eigenvalue weighted by Gasteiger charge is 2.22. The topological polar surface area (TPSA) is 87.3 Å². The van der Waals surface area contributed by atoms with Crippen molar-refractivity contribution in [2.24, 2.45) is 5.92 Å². The Hall–Kier alpha value is -3.73. The fourth-order valence-electron chi connectivity index (χ4n) is 4.53. The minimum absolute atomic E-state index is 0.480. The van der Waals surface area contributed by atoms with Gasteiger partial charge in [0.05, 0.1) is 35.8 Å². The number of aromatic nitrogens is 3. The van der Waals surface area contributed by atoms with E-state index in [2.05, 4.69) is 58.5 Å². The fourth-order valence-corrected chi connectivity index (χ4v) is 4.53. The minimum atomic E-state index is 0.480. The molecular formula is C30H34N6O. The van der Waals surface area contributed by atoms with Crippen molar-refractivity contribution in [3.63, 3.8) is 0 Å². The summed E-state index contributed by atoms with van der Waals surface area (Å²) in [6.45, 7) is 6.32. The molecule has 0 atom stereocenters. The number of nitrogens with one attached hydrogen (secondary N) is 2. The van der Waals surface area contributed by atoms with E-state index in [-0.39, 0.29) is 0 Å². The Morgan fingerprint density at radius 3 is 2.32 bits per heavy atom. The summed E-state index contributed by atoms with van der Waals surface area (Å²) in [4.78, 5) is 9.70. The predicted molar refractivity (Wildman–Crippen MR) is 146 cm³/mol. The van der Waals surface area contributed by atoms with Gasteiger partial charge in [0, 0.05) is 23.9 Å². The Labute approximate surface area is 218 Å². The van der Waals surface area contributed by atoms with Crippen LogP contribution in [-0.2, 0) is 6.54 Å². The Morgan fingerprint density at radius 2 is 1.73 bits per heavy atom. The molecule has 6 rings (SSSR count). The second-order valence-corrected chi connectivity index (χ2v) is 9.83. The predicted octanol–water partition coefficient (Wildman–Crippen LogP) is 5.12. The maximum Gasteiger partial charge on any atom is 0.258 e. The average Bonchev–Trinajstić information content (AvgIpc) is 3.36. The molecular weight excluding hydrogens is 460 g/mol. The quantitative estimate of drug-likeness (QED) is 0.371. The molecule has 2 aromatic heterocycles. The van der Waals surface area contributed by atoms with Crippen molar-refractivity contribution in [2.75, 3.05) is 26.7 Å². The highest BCUT2D eigenvalue weighted by atomic mass is 16.5. The second kappa shape index (κ2) is 11.5. The monoisotopic (exact) mass is 494 g/mol. The molecule has 1 aliphatic heterocycles. The van der Waals surface area contributed by atoms with Crippen molar-refractivity contribution in [1.29, 1.82) is 5.26 Å². The van der Waals surface area contributed by atoms with Crippen molar-refractivity contribution in [1.82, 2.24) is 25.0 Å². The van der Waals surface area contributed by atoms with Gasteiger partial charge in [0.25, 0.3) is 5.88 Å². The summed E-state index contributed by atoms with van der Waals surface area (Å²) in [5.74, 6) is 1.29. The number of aryl methyl sites for hydroxylation is 1. The van der Waals surface area contributed by atoms with E-state index >= 15 is 0 Å². The summed E-state index contributed by atoms with van der Waals surface area (Å²) in [6, 6.07) is 18.1. The zero-order chi connectivity index (χ0) is 25.6. The van der Waals surface area contributed by atoms with Crippen LogP contribution in [0.3, 0.4) is 0 Å². The van der Waals surface area contributed by atoms with Gasteiger partial charge in [-0.25, -0.2) is 9.97 Å². The van der Waals surface area contributed by atoms with Crippen LogP contribution in [0.15, 0.2) is 54.7 Å². The molecule has 2 aromatic carbocycles. The molecule has 1 saturated carbocycles. The maximum absolute atomic E-state index is 9.19. The third-order valence-electron chi connectivity index (χ3n) is 6.82. The van der Waals surface area contributed by atoms with Crippen LogP contribution in [0.25, 0.3) is 28.2 Å². The highest BCUT2D eigenvalue weighted by molar-refractivity contribution is 5.81. The standard InChI is InChI=1S/C26H25N5O.C4H9N/c1-17-3-9-21(10-4-17)24-23(20-11-7-18(13-27)8-12-20)30-26(32-2)25-29-22(16-31(24)25)15-28-14-19-5-6-19;1-2-4-5-3-1/h3-4,7-12,16,19,28H,5-6,14-15H2,1-2H3;5H,1-4H2. The van der Waals surface area contributed by atoms with Crippen LogP contribution in [-0.4, -0.2) is 41.1 Å². The number of fused-ring (bicyclic) bond motifs is 1. The van der Waals surface area contributed by atoms with E-state index in [1.807, 2.05) is 24.3 Å². The van der Waals surface area contributed by atoms with Gasteiger partial charge in [0.2, 0.25) is 5.65 Å². The van der Waals surface area contributed by atoms with E-state index in [0.717, 1.165) is 40.7 Å². The number of benzene rings is 2. The van der Waals surface area contributed by atoms with Crippen LogP contribution in [0.2, 0.25) is 0 Å². The molecule has 0 radical (unpaired) electrons. The number of imidazole rings is 1. The van der Waals surface area contributed by atoms with Gasteiger partial charge < -0.3 is 15.4 Å². The Morgan fingerprint density at radius 1 is 1.03 bits per heavy atom. The zero-order valence-electron chi connectivity index (χ0n) is 21.6. The molecule has 4 aromatic rings. The molecule has 7 heteroatoms. The molecule has 7 nitrogen and oxygen atoms in total. The van der Waals surface area contributed by atoms with Crippen LogP contribution in [0.4, 0.5) is 0 Å². The maximum atomic E-state index is 9.19. The third kappa shape index (κ3) is 5.99. The number of rotatable bonds is 7. The van der Waals surface area contributed by atoms with E-state index in [9.17, 15) is 5.26 Å². The largest absolute Gasteiger partial charge is 0.478 e. The molecule has 190 valence electrons. The van der Waals surface area contributed by atoms with Gasteiger partial charge in [-0.05, 0) is 70.3 Å². The lowest BCUT2D eigenvalue weighted by molar-refractivity contribution is 0.400. The van der Waals surface area contributed by atoms with Gasteiger partial charge >= 0.3 is 0 Å². The van der Waals surface area contributed by atoms with Crippen LogP contribution in [0.1, 0.15) is 42.5 Å². The lowest BCUT2D eigenvalue weighted by Gasteiger charge is -2.14. The van der Waals surface area contributed by atoms with Crippen molar-refractivity contribution in [2.45, 2.75) is 39.2 Å². The van der Waals surface area contributed by atoms with Crippen LogP contribution in [0, 0.1) is 24.2 Å². The molecule has 2 N–H and O–H groups in total. The molecule has 3 heterocycles. The number of nitriles is 1. The molecule has 1 aliphatic carbocycles. The van der Waals surface area contributed by atoms with Crippen molar-refractivity contribution in [3.05, 3.63) is 71.5 Å². The van der Waals surface area contributed by atoms with E-state index in [4.69, 9.17) is 14.7 Å². The normalized spacial score (nSPS) is 14.7. The van der Waals surface area contributed by atoms with Crippen LogP contribution in [0.5, 0.6) is 5.88 Å². The Bertz CT molecular complexity index is 1370. The number of ether oxygens (including phenoxy) is 1. The summed E-state index contributed by atoms with van der Waals surface area (Å²) in [6.07, 6.45) is 7.49. The summed E-state index contributed by atoms with van der Waals surface area (Å²) >= 11 is 0. The number of hydrogen-bond acceptors (Lipinski definition) is 6. The lowest BCUT2D eigenvalue weighted by atomic mass is 10.0. The van der Waals surface area contributed by atoms with E-state index in [0.29, 0.717) is 23.6 Å². The SMILES string of the molecule is C1CCNC1.COc1nc(-c2ccc(C#N)cc2)c(-c2ccc(C)cc2)n2cc(CNCC3CC3)nc12. The van der Waals surface area contributed by atoms with Gasteiger partial charge in [-0.15, -0.1) is 0 Å². The summed E-state index contributed by atoms with van der Waals surface area (Å²) in [7, 11) is 1.62. The highest BCUT2D eigenvalue weighted by Crippen LogP contribution is 2.35. The van der Waals surface area contributed by atoms with Gasteiger partial charge in [0.15, 0.2) is 0 Å². The lowest BCUT2D eigenvalue weighted by Crippen LogP contribution is -2.16. The molecule has 2 fully saturated rings. The van der Waals surface area contributed by atoms with Gasteiger partial charge in [-0.2, -0.15) is 5.26 Å². The average molecular weight is 495 g/mol. The van der Waals surface area contributed by atoms with E-state index in [1.165, 1.54) is 44.3 Å². The van der Waals surface area contributed by atoms with E-state index in [1.54, 1.807) is 7.11 Å². The van der Waals surface area contributed by atoms with Crippen molar-refractivity contribution < 1.29 is 4.74 Å². The Balaban J connectivity index is 0.000000503. The fraction of sp³-hybridized carbons (Fsp3) is 0.367. The van der Waals surface area contributed by atoms with Crippen LogP contribution < -0.4 is 15.4 Å². The number of nitrogens with zero attached hydrogens (tertiary/aromatic N) is 4. The molecule has 0 bridgehead atoms. The second-order valence-electron chi connectivity index (χ2n) is 9.83. The molecule has 2 aliphatic rings. The first-order chi connectivity index (χ1) is 18.2. The first-order valence-electron chi connectivity index (χ1n) is 13.1. The van der Waals surface area contributed by atoms with Gasteiger partial charge in [0.1, 0.15) is 0 Å². The molecule has 1 saturated heterocycles. The van der Waals surface area contributed by atoms with E-state index < -0.39 is 0 Å². The molecule has 0 amide bonds. The summed E-state index contributed by atoms with van der Waals surface area (Å²) < 4.78 is 7.72. The number of hydrogen-bond donors (Lipinski definition) is 2. The first-order valence-corrected chi connectivity index (χ1v) is 13.1. The Kier molecular flexibility index (Phi) is 7.79. The zero-order valence-corrected chi connectivity index (χ0v) is 21.6. The number of methoxy groups -OCH3 is 1. The minimum Gasteiger partial charge on any atom is -0.478 e. The van der Waals surface area contributed by atoms with Crippen molar-refractivity contribution in [3.8, 4) is 34.5 Å². The van der Waals surface area contributed by atoms with Crippen molar-refractivity contribution >= 4 is 5.65 Å².